The van der Waals surface area contributed by atoms with E-state index in [1.165, 1.54) is 0 Å². The largest absolute Gasteiger partial charge is 0.508 e. The van der Waals surface area contributed by atoms with Crippen LogP contribution in [0.5, 0.6) is 5.75 Å². The Morgan fingerprint density at radius 3 is 2.67 bits per heavy atom. The highest BCUT2D eigenvalue weighted by Crippen LogP contribution is 2.13. The molecule has 0 atom stereocenters. The van der Waals surface area contributed by atoms with Gasteiger partial charge in [0.2, 0.25) is 5.95 Å². The molecule has 5 nitrogen and oxygen atoms in total. The first-order valence-electron chi connectivity index (χ1n) is 5.81. The van der Waals surface area contributed by atoms with E-state index in [9.17, 15) is 5.11 Å². The zero-order valence-corrected chi connectivity index (χ0v) is 10.0. The van der Waals surface area contributed by atoms with Crippen LogP contribution in [-0.2, 0) is 6.42 Å². The molecular weight excluding hydrogens is 228 g/mol. The Kier molecular flexibility index (Phi) is 4.09. The number of nitrogens with one attached hydrogen (secondary N) is 1. The van der Waals surface area contributed by atoms with Crippen molar-refractivity contribution < 1.29 is 5.11 Å². The molecule has 0 radical (unpaired) electrons. The van der Waals surface area contributed by atoms with Crippen molar-refractivity contribution in [2.24, 2.45) is 5.73 Å². The van der Waals surface area contributed by atoms with Crippen molar-refractivity contribution in [2.75, 3.05) is 18.4 Å². The van der Waals surface area contributed by atoms with Crippen LogP contribution in [0.3, 0.4) is 0 Å². The molecule has 0 aliphatic heterocycles. The van der Waals surface area contributed by atoms with E-state index in [0.29, 0.717) is 25.5 Å². The lowest BCUT2D eigenvalue weighted by Gasteiger charge is -2.05. The third-order valence-corrected chi connectivity index (χ3v) is 2.46. The Labute approximate surface area is 106 Å². The second kappa shape index (κ2) is 5.97. The Bertz CT molecular complexity index is 499. The number of phenolic OH excluding ortho intramolecular Hbond substituents is 1. The molecule has 0 amide bonds. The first-order chi connectivity index (χ1) is 8.78. The van der Waals surface area contributed by atoms with Crippen LogP contribution < -0.4 is 11.1 Å². The topological polar surface area (TPSA) is 84.1 Å². The monoisotopic (exact) mass is 244 g/mol. The molecule has 1 aromatic heterocycles. The fraction of sp³-hybridized carbons (Fsp3) is 0.231. The fourth-order valence-corrected chi connectivity index (χ4v) is 1.59. The molecule has 0 spiro atoms. The summed E-state index contributed by atoms with van der Waals surface area (Å²) in [7, 11) is 0. The SMILES string of the molecule is NCCNc1nccc(Cc2ccc(O)cc2)n1. The zero-order chi connectivity index (χ0) is 12.8. The first kappa shape index (κ1) is 12.3. The summed E-state index contributed by atoms with van der Waals surface area (Å²) >= 11 is 0. The summed E-state index contributed by atoms with van der Waals surface area (Å²) in [4.78, 5) is 8.50. The minimum Gasteiger partial charge on any atom is -0.508 e. The van der Waals surface area contributed by atoms with Crippen molar-refractivity contribution in [3.8, 4) is 5.75 Å². The van der Waals surface area contributed by atoms with Gasteiger partial charge in [-0.05, 0) is 23.8 Å². The number of phenols is 1. The standard InChI is InChI=1S/C13H16N4O/c14-6-8-16-13-15-7-5-11(17-13)9-10-1-3-12(18)4-2-10/h1-5,7,18H,6,8-9,14H2,(H,15,16,17). The van der Waals surface area contributed by atoms with Gasteiger partial charge in [0.25, 0.3) is 0 Å². The quantitative estimate of drug-likeness (QED) is 0.734. The minimum absolute atomic E-state index is 0.270. The number of aromatic hydroxyl groups is 1. The van der Waals surface area contributed by atoms with Gasteiger partial charge in [0.15, 0.2) is 0 Å². The highest BCUT2D eigenvalue weighted by atomic mass is 16.3. The molecule has 94 valence electrons. The molecule has 0 bridgehead atoms. The van der Waals surface area contributed by atoms with E-state index in [-0.39, 0.29) is 5.75 Å². The number of nitrogens with zero attached hydrogens (tertiary/aromatic N) is 2. The Morgan fingerprint density at radius 1 is 1.17 bits per heavy atom. The van der Waals surface area contributed by atoms with E-state index in [1.54, 1.807) is 18.3 Å². The summed E-state index contributed by atoms with van der Waals surface area (Å²) in [5.41, 5.74) is 7.43. The van der Waals surface area contributed by atoms with Crippen LogP contribution in [0, 0.1) is 0 Å². The van der Waals surface area contributed by atoms with E-state index >= 15 is 0 Å². The summed E-state index contributed by atoms with van der Waals surface area (Å²) in [6, 6.07) is 8.98. The Balaban J connectivity index is 2.06. The van der Waals surface area contributed by atoms with E-state index in [1.807, 2.05) is 18.2 Å². The maximum absolute atomic E-state index is 9.22. The van der Waals surface area contributed by atoms with Gasteiger partial charge < -0.3 is 16.2 Å². The van der Waals surface area contributed by atoms with Crippen LogP contribution in [-0.4, -0.2) is 28.2 Å². The van der Waals surface area contributed by atoms with Gasteiger partial charge in [0.05, 0.1) is 5.69 Å². The smallest absolute Gasteiger partial charge is 0.222 e. The van der Waals surface area contributed by atoms with Gasteiger partial charge in [-0.1, -0.05) is 12.1 Å². The molecule has 2 rings (SSSR count). The average Bonchev–Trinajstić information content (AvgIpc) is 2.40. The highest BCUT2D eigenvalue weighted by molar-refractivity contribution is 5.31. The predicted octanol–water partition coefficient (Wildman–Crippen LogP) is 1.14. The molecule has 5 heteroatoms. The summed E-state index contributed by atoms with van der Waals surface area (Å²) in [5.74, 6) is 0.864. The van der Waals surface area contributed by atoms with Crippen LogP contribution in [0.15, 0.2) is 36.5 Å². The molecule has 1 aromatic carbocycles. The van der Waals surface area contributed by atoms with Crippen LogP contribution in [0.1, 0.15) is 11.3 Å². The molecule has 0 saturated heterocycles. The third kappa shape index (κ3) is 3.43. The summed E-state index contributed by atoms with van der Waals surface area (Å²) in [6.45, 7) is 1.20. The first-order valence-corrected chi connectivity index (χ1v) is 5.81. The van der Waals surface area contributed by atoms with Gasteiger partial charge in [-0.3, -0.25) is 0 Å². The van der Waals surface area contributed by atoms with Crippen LogP contribution >= 0.6 is 0 Å². The van der Waals surface area contributed by atoms with E-state index in [4.69, 9.17) is 5.73 Å². The lowest BCUT2D eigenvalue weighted by Crippen LogP contribution is -2.15. The van der Waals surface area contributed by atoms with Crippen molar-refractivity contribution >= 4 is 5.95 Å². The molecule has 0 fully saturated rings. The third-order valence-electron chi connectivity index (χ3n) is 2.46. The Hall–Kier alpha value is -2.14. The molecule has 0 unspecified atom stereocenters. The normalized spacial score (nSPS) is 10.3. The van der Waals surface area contributed by atoms with Crippen molar-refractivity contribution in [3.05, 3.63) is 47.8 Å². The van der Waals surface area contributed by atoms with Gasteiger partial charge in [0.1, 0.15) is 5.75 Å². The Morgan fingerprint density at radius 2 is 1.94 bits per heavy atom. The van der Waals surface area contributed by atoms with Gasteiger partial charge in [-0.15, -0.1) is 0 Å². The van der Waals surface area contributed by atoms with E-state index in [2.05, 4.69) is 15.3 Å². The van der Waals surface area contributed by atoms with E-state index < -0.39 is 0 Å². The fourth-order valence-electron chi connectivity index (χ4n) is 1.59. The number of hydrogen-bond acceptors (Lipinski definition) is 5. The zero-order valence-electron chi connectivity index (χ0n) is 10.0. The van der Waals surface area contributed by atoms with Crippen LogP contribution in [0.2, 0.25) is 0 Å². The average molecular weight is 244 g/mol. The molecule has 4 N–H and O–H groups in total. The molecule has 0 aliphatic rings. The molecule has 0 saturated carbocycles. The summed E-state index contributed by atoms with van der Waals surface area (Å²) in [6.07, 6.45) is 2.43. The van der Waals surface area contributed by atoms with Gasteiger partial charge in [-0.25, -0.2) is 9.97 Å². The van der Waals surface area contributed by atoms with Crippen LogP contribution in [0.4, 0.5) is 5.95 Å². The van der Waals surface area contributed by atoms with Crippen LogP contribution in [0.25, 0.3) is 0 Å². The lowest BCUT2D eigenvalue weighted by atomic mass is 10.1. The molecule has 1 heterocycles. The number of rotatable bonds is 5. The second-order valence-corrected chi connectivity index (χ2v) is 3.93. The number of benzene rings is 1. The molecule has 0 aliphatic carbocycles. The van der Waals surface area contributed by atoms with Crippen molar-refractivity contribution in [2.45, 2.75) is 6.42 Å². The lowest BCUT2D eigenvalue weighted by molar-refractivity contribution is 0.475. The van der Waals surface area contributed by atoms with Crippen molar-refractivity contribution in [1.29, 1.82) is 0 Å². The summed E-state index contributed by atoms with van der Waals surface area (Å²) < 4.78 is 0. The van der Waals surface area contributed by atoms with Crippen molar-refractivity contribution in [1.82, 2.24) is 9.97 Å². The molecule has 18 heavy (non-hydrogen) atoms. The highest BCUT2D eigenvalue weighted by Gasteiger charge is 2.00. The number of hydrogen-bond donors (Lipinski definition) is 3. The minimum atomic E-state index is 0.270. The maximum atomic E-state index is 9.22. The summed E-state index contributed by atoms with van der Waals surface area (Å²) in [5, 5.41) is 12.3. The van der Waals surface area contributed by atoms with Gasteiger partial charge >= 0.3 is 0 Å². The van der Waals surface area contributed by atoms with Crippen molar-refractivity contribution in [3.63, 3.8) is 0 Å². The number of nitrogens with two attached hydrogens (primary N) is 1. The van der Waals surface area contributed by atoms with E-state index in [0.717, 1.165) is 11.3 Å². The molecule has 2 aromatic rings. The predicted molar refractivity (Wildman–Crippen MR) is 70.5 cm³/mol. The molecular formula is C13H16N4O. The number of anilines is 1. The van der Waals surface area contributed by atoms with Gasteiger partial charge in [0, 0.05) is 25.7 Å². The van der Waals surface area contributed by atoms with Gasteiger partial charge in [-0.2, -0.15) is 0 Å². The number of aromatic nitrogens is 2. The maximum Gasteiger partial charge on any atom is 0.222 e. The second-order valence-electron chi connectivity index (χ2n) is 3.93.